The zero-order chi connectivity index (χ0) is 22.8. The zero-order valence-corrected chi connectivity index (χ0v) is 18.4. The summed E-state index contributed by atoms with van der Waals surface area (Å²) in [6.45, 7) is 0. The molecule has 5 rings (SSSR count). The molecule has 1 atom stereocenters. The van der Waals surface area contributed by atoms with Gasteiger partial charge in [-0.25, -0.2) is 0 Å². The van der Waals surface area contributed by atoms with Crippen molar-refractivity contribution >= 4 is 40.0 Å². The Kier molecular flexibility index (Phi) is 5.55. The maximum Gasteiger partial charge on any atom is 0.245 e. The molecule has 0 aliphatic carbocycles. The Balaban J connectivity index is 1.60. The molecule has 2 heterocycles. The van der Waals surface area contributed by atoms with Gasteiger partial charge in [-0.1, -0.05) is 78.5 Å². The van der Waals surface area contributed by atoms with Crippen LogP contribution in [-0.2, 0) is 11.2 Å². The third-order valence-corrected chi connectivity index (χ3v) is 6.88. The van der Waals surface area contributed by atoms with Crippen molar-refractivity contribution in [1.82, 2.24) is 4.98 Å². The van der Waals surface area contributed by atoms with Crippen LogP contribution in [0.4, 0.5) is 5.69 Å². The quantitative estimate of drug-likeness (QED) is 0.249. The molecule has 0 saturated carbocycles. The van der Waals surface area contributed by atoms with E-state index in [0.717, 1.165) is 16.5 Å². The maximum atomic E-state index is 13.5. The summed E-state index contributed by atoms with van der Waals surface area (Å²) in [6, 6.07) is 28.5. The van der Waals surface area contributed by atoms with Crippen molar-refractivity contribution in [2.75, 3.05) is 4.90 Å². The van der Waals surface area contributed by atoms with E-state index in [2.05, 4.69) is 11.1 Å². The number of Topliss-reactive ketones (excluding diaryl/α,β-unsaturated/α-hetero) is 1. The van der Waals surface area contributed by atoms with Crippen LogP contribution in [-0.4, -0.2) is 21.9 Å². The van der Waals surface area contributed by atoms with Gasteiger partial charge in [-0.3, -0.25) is 14.5 Å². The number of nitrogens with one attached hydrogen (secondary N) is 1. The van der Waals surface area contributed by atoms with E-state index >= 15 is 0 Å². The van der Waals surface area contributed by atoms with Gasteiger partial charge in [0.2, 0.25) is 11.7 Å². The number of thioether (sulfide) groups is 1. The van der Waals surface area contributed by atoms with Gasteiger partial charge in [0.25, 0.3) is 0 Å². The Morgan fingerprint density at radius 1 is 0.970 bits per heavy atom. The second-order valence-corrected chi connectivity index (χ2v) is 8.87. The number of carbonyl (C=O) groups is 2. The first-order chi connectivity index (χ1) is 16.2. The number of nitrogens with zero attached hydrogens (tertiary/aromatic N) is 2. The van der Waals surface area contributed by atoms with Crippen molar-refractivity contribution in [3.8, 4) is 6.07 Å². The summed E-state index contributed by atoms with van der Waals surface area (Å²) in [7, 11) is 0. The molecule has 1 aliphatic rings. The molecular weight excluding hydrogens is 430 g/mol. The summed E-state index contributed by atoms with van der Waals surface area (Å²) in [5.41, 5.74) is 2.87. The molecule has 6 heteroatoms. The smallest absolute Gasteiger partial charge is 0.245 e. The molecule has 0 bridgehead atoms. The maximum absolute atomic E-state index is 13.5. The predicted molar refractivity (Wildman–Crippen MR) is 131 cm³/mol. The average molecular weight is 450 g/mol. The molecule has 0 radical (unpaired) electrons. The van der Waals surface area contributed by atoms with Crippen LogP contribution in [0.25, 0.3) is 10.9 Å². The SMILES string of the molecule is N#C/C(C(=O)c1c[nH]c2ccccc12)=C1\S[C@@H](Cc2ccccc2)C(=O)N1c1ccccc1. The fourth-order valence-corrected chi connectivity index (χ4v) is 5.33. The molecule has 4 aromatic rings. The van der Waals surface area contributed by atoms with Crippen molar-refractivity contribution in [3.05, 3.63) is 113 Å². The Bertz CT molecular complexity index is 1420. The lowest BCUT2D eigenvalue weighted by Crippen LogP contribution is -2.30. The largest absolute Gasteiger partial charge is 0.360 e. The molecule has 0 spiro atoms. The summed E-state index contributed by atoms with van der Waals surface area (Å²) in [5.74, 6) is -0.531. The summed E-state index contributed by atoms with van der Waals surface area (Å²) in [5, 5.41) is 10.8. The normalized spacial score (nSPS) is 17.2. The van der Waals surface area contributed by atoms with Gasteiger partial charge in [-0.05, 0) is 30.2 Å². The lowest BCUT2D eigenvalue weighted by Gasteiger charge is -2.18. The molecule has 0 unspecified atom stereocenters. The number of anilines is 1. The van der Waals surface area contributed by atoms with Crippen molar-refractivity contribution < 1.29 is 9.59 Å². The minimum absolute atomic E-state index is 0.0301. The van der Waals surface area contributed by atoms with Crippen LogP contribution in [0.1, 0.15) is 15.9 Å². The molecule has 1 fully saturated rings. The van der Waals surface area contributed by atoms with Crippen LogP contribution in [0.3, 0.4) is 0 Å². The first-order valence-electron chi connectivity index (χ1n) is 10.5. The van der Waals surface area contributed by atoms with Gasteiger partial charge >= 0.3 is 0 Å². The van der Waals surface area contributed by atoms with Gasteiger partial charge in [0.15, 0.2) is 0 Å². The Hall–Kier alpha value is -4.08. The number of nitriles is 1. The van der Waals surface area contributed by atoms with Gasteiger partial charge < -0.3 is 4.98 Å². The number of hydrogen-bond acceptors (Lipinski definition) is 4. The lowest BCUT2D eigenvalue weighted by atomic mass is 10.0. The van der Waals surface area contributed by atoms with E-state index in [9.17, 15) is 14.9 Å². The molecule has 3 aromatic carbocycles. The van der Waals surface area contributed by atoms with Crippen LogP contribution < -0.4 is 4.90 Å². The lowest BCUT2D eigenvalue weighted by molar-refractivity contribution is -0.117. The van der Waals surface area contributed by atoms with Gasteiger partial charge in [-0.2, -0.15) is 5.26 Å². The fraction of sp³-hybridized carbons (Fsp3) is 0.0741. The standard InChI is InChI=1S/C27H19N3O2S/c28-16-21(25(31)22-17-29-23-14-8-7-13-20(22)23)27-30(19-11-5-2-6-12-19)26(32)24(33-27)15-18-9-3-1-4-10-18/h1-14,17,24,29H,15H2/b27-21+/t24-/m0/s1. The van der Waals surface area contributed by atoms with Crippen molar-refractivity contribution in [2.45, 2.75) is 11.7 Å². The van der Waals surface area contributed by atoms with Gasteiger partial charge in [0, 0.05) is 28.4 Å². The summed E-state index contributed by atoms with van der Waals surface area (Å²) in [4.78, 5) is 31.7. The molecule has 1 aliphatic heterocycles. The van der Waals surface area contributed by atoms with Crippen LogP contribution in [0.2, 0.25) is 0 Å². The molecule has 1 N–H and O–H groups in total. The number of ketones is 1. The van der Waals surface area contributed by atoms with Crippen LogP contribution in [0.5, 0.6) is 0 Å². The van der Waals surface area contributed by atoms with E-state index in [1.165, 1.54) is 16.7 Å². The topological polar surface area (TPSA) is 77.0 Å². The van der Waals surface area contributed by atoms with Gasteiger partial charge in [0.1, 0.15) is 16.7 Å². The number of allylic oxidation sites excluding steroid dienone is 1. The molecule has 160 valence electrons. The van der Waals surface area contributed by atoms with Crippen LogP contribution >= 0.6 is 11.8 Å². The van der Waals surface area contributed by atoms with Crippen molar-refractivity contribution in [3.63, 3.8) is 0 Å². The average Bonchev–Trinajstić information content (AvgIpc) is 3.42. The number of amides is 1. The van der Waals surface area contributed by atoms with Crippen molar-refractivity contribution in [1.29, 1.82) is 5.26 Å². The number of hydrogen-bond donors (Lipinski definition) is 1. The minimum Gasteiger partial charge on any atom is -0.360 e. The summed E-state index contributed by atoms with van der Waals surface area (Å²) in [6.07, 6.45) is 2.14. The van der Waals surface area contributed by atoms with Crippen LogP contribution in [0, 0.1) is 11.3 Å². The summed E-state index contributed by atoms with van der Waals surface area (Å²) < 4.78 is 0. The molecule has 5 nitrogen and oxygen atoms in total. The van der Waals surface area contributed by atoms with E-state index in [4.69, 9.17) is 0 Å². The Morgan fingerprint density at radius 2 is 1.64 bits per heavy atom. The number of aromatic nitrogens is 1. The van der Waals surface area contributed by atoms with E-state index in [1.54, 1.807) is 6.20 Å². The predicted octanol–water partition coefficient (Wildman–Crippen LogP) is 5.48. The van der Waals surface area contributed by atoms with Gasteiger partial charge in [-0.15, -0.1) is 0 Å². The van der Waals surface area contributed by atoms with E-state index in [0.29, 0.717) is 22.7 Å². The van der Waals surface area contributed by atoms with E-state index in [-0.39, 0.29) is 11.5 Å². The second-order valence-electron chi connectivity index (χ2n) is 7.67. The zero-order valence-electron chi connectivity index (χ0n) is 17.6. The Morgan fingerprint density at radius 3 is 2.36 bits per heavy atom. The fourth-order valence-electron chi connectivity index (χ4n) is 4.02. The number of para-hydroxylation sites is 2. The van der Waals surface area contributed by atoms with Crippen molar-refractivity contribution in [2.24, 2.45) is 0 Å². The third kappa shape index (κ3) is 3.84. The highest BCUT2D eigenvalue weighted by Crippen LogP contribution is 2.42. The molecule has 33 heavy (non-hydrogen) atoms. The third-order valence-electron chi connectivity index (χ3n) is 5.62. The van der Waals surface area contributed by atoms with Gasteiger partial charge in [0.05, 0.1) is 5.25 Å². The number of benzene rings is 3. The highest BCUT2D eigenvalue weighted by molar-refractivity contribution is 8.05. The number of fused-ring (bicyclic) bond motifs is 1. The Labute approximate surface area is 195 Å². The number of carbonyl (C=O) groups excluding carboxylic acids is 2. The highest BCUT2D eigenvalue weighted by atomic mass is 32.2. The number of aromatic amines is 1. The molecule has 1 saturated heterocycles. The second kappa shape index (κ2) is 8.81. The van der Waals surface area contributed by atoms with E-state index < -0.39 is 11.0 Å². The minimum atomic E-state index is -0.429. The monoisotopic (exact) mass is 449 g/mol. The molecular formula is C27H19N3O2S. The van der Waals surface area contributed by atoms with Crippen LogP contribution in [0.15, 0.2) is 102 Å². The summed E-state index contributed by atoms with van der Waals surface area (Å²) >= 11 is 1.28. The number of H-pyrrole nitrogens is 1. The first-order valence-corrected chi connectivity index (χ1v) is 11.4. The molecule has 1 aromatic heterocycles. The number of rotatable bonds is 5. The van der Waals surface area contributed by atoms with E-state index in [1.807, 2.05) is 84.9 Å². The highest BCUT2D eigenvalue weighted by Gasteiger charge is 2.41. The molecule has 1 amide bonds. The first kappa shape index (κ1) is 20.8.